The van der Waals surface area contributed by atoms with Gasteiger partial charge in [0.1, 0.15) is 18.5 Å². The summed E-state index contributed by atoms with van der Waals surface area (Å²) in [6.45, 7) is -0.0499. The number of ether oxygens (including phenoxy) is 1. The van der Waals surface area contributed by atoms with Crippen LogP contribution in [-0.4, -0.2) is 41.1 Å². The number of amides is 2. The number of nitrogens with zero attached hydrogens (tertiary/aromatic N) is 2. The lowest BCUT2D eigenvalue weighted by Gasteiger charge is -2.22. The molecule has 1 atom stereocenters. The summed E-state index contributed by atoms with van der Waals surface area (Å²) in [5, 5.41) is 18.9. The average molecular weight is 328 g/mol. The van der Waals surface area contributed by atoms with E-state index in [1.165, 1.54) is 4.90 Å². The lowest BCUT2D eigenvalue weighted by molar-refractivity contribution is -0.143. The summed E-state index contributed by atoms with van der Waals surface area (Å²) in [7, 11) is 0. The molecule has 1 heterocycles. The molecule has 1 aromatic rings. The van der Waals surface area contributed by atoms with E-state index in [0.29, 0.717) is 11.3 Å². The van der Waals surface area contributed by atoms with Crippen molar-refractivity contribution in [3.05, 3.63) is 29.8 Å². The van der Waals surface area contributed by atoms with Crippen molar-refractivity contribution < 1.29 is 19.4 Å². The van der Waals surface area contributed by atoms with E-state index in [1.54, 1.807) is 24.3 Å². The molecule has 3 rings (SSSR count). The van der Waals surface area contributed by atoms with Crippen LogP contribution in [0.15, 0.2) is 24.3 Å². The molecule has 1 saturated heterocycles. The summed E-state index contributed by atoms with van der Waals surface area (Å²) in [5.74, 6) is 0.195. The Hall–Kier alpha value is -2.39. The van der Waals surface area contributed by atoms with Crippen LogP contribution in [0.25, 0.3) is 0 Å². The SMILES string of the molecule is N#Cc1ccc(OC[C@H](O)CN2C(=O)CC3(CCCC3)C2=O)cc1. The molecule has 0 aromatic heterocycles. The van der Waals surface area contributed by atoms with Crippen molar-refractivity contribution in [3.8, 4) is 11.8 Å². The largest absolute Gasteiger partial charge is 0.491 e. The van der Waals surface area contributed by atoms with Crippen molar-refractivity contribution in [2.24, 2.45) is 5.41 Å². The molecule has 6 heteroatoms. The van der Waals surface area contributed by atoms with Gasteiger partial charge in [-0.15, -0.1) is 0 Å². The first-order chi connectivity index (χ1) is 11.5. The Kier molecular flexibility index (Phi) is 4.54. The summed E-state index contributed by atoms with van der Waals surface area (Å²) in [4.78, 5) is 25.9. The second-order valence-electron chi connectivity index (χ2n) is 6.57. The van der Waals surface area contributed by atoms with Crippen molar-refractivity contribution in [2.45, 2.75) is 38.2 Å². The second-order valence-corrected chi connectivity index (χ2v) is 6.57. The number of imide groups is 1. The normalized spacial score (nSPS) is 20.4. The molecule has 2 fully saturated rings. The van der Waals surface area contributed by atoms with Crippen LogP contribution in [0.3, 0.4) is 0 Å². The van der Waals surface area contributed by atoms with Gasteiger partial charge in [-0.2, -0.15) is 5.26 Å². The lowest BCUT2D eigenvalue weighted by atomic mass is 9.84. The van der Waals surface area contributed by atoms with Gasteiger partial charge in [-0.05, 0) is 37.1 Å². The molecule has 1 saturated carbocycles. The standard InChI is InChI=1S/C18H20N2O4/c19-10-13-3-5-15(6-4-13)24-12-14(21)11-20-16(22)9-18(17(20)23)7-1-2-8-18/h3-6,14,21H,1-2,7-9,11-12H2/t14-/m1/s1. The fourth-order valence-corrected chi connectivity index (χ4v) is 3.57. The van der Waals surface area contributed by atoms with E-state index in [4.69, 9.17) is 10.00 Å². The van der Waals surface area contributed by atoms with Crippen LogP contribution >= 0.6 is 0 Å². The molecule has 2 amide bonds. The molecule has 1 aromatic carbocycles. The van der Waals surface area contributed by atoms with Gasteiger partial charge in [0.05, 0.1) is 23.6 Å². The zero-order chi connectivity index (χ0) is 17.2. The highest BCUT2D eigenvalue weighted by atomic mass is 16.5. The molecule has 1 aliphatic heterocycles. The van der Waals surface area contributed by atoms with Gasteiger partial charge in [0.25, 0.3) is 0 Å². The van der Waals surface area contributed by atoms with Gasteiger partial charge in [0, 0.05) is 6.42 Å². The third-order valence-electron chi connectivity index (χ3n) is 4.87. The fourth-order valence-electron chi connectivity index (χ4n) is 3.57. The summed E-state index contributed by atoms with van der Waals surface area (Å²) in [6, 6.07) is 8.55. The number of rotatable bonds is 5. The van der Waals surface area contributed by atoms with Crippen molar-refractivity contribution in [1.82, 2.24) is 4.90 Å². The number of nitriles is 1. The number of hydrogen-bond donors (Lipinski definition) is 1. The number of benzene rings is 1. The summed E-state index contributed by atoms with van der Waals surface area (Å²) in [6.07, 6.45) is 2.84. The van der Waals surface area contributed by atoms with Crippen molar-refractivity contribution in [3.63, 3.8) is 0 Å². The Morgan fingerprint density at radius 2 is 1.92 bits per heavy atom. The van der Waals surface area contributed by atoms with Crippen molar-refractivity contribution >= 4 is 11.8 Å². The van der Waals surface area contributed by atoms with E-state index in [0.717, 1.165) is 25.7 Å². The zero-order valence-electron chi connectivity index (χ0n) is 13.4. The first-order valence-electron chi connectivity index (χ1n) is 8.20. The highest BCUT2D eigenvalue weighted by Crippen LogP contribution is 2.46. The third-order valence-corrected chi connectivity index (χ3v) is 4.87. The van der Waals surface area contributed by atoms with Crippen molar-refractivity contribution in [2.75, 3.05) is 13.2 Å². The van der Waals surface area contributed by atoms with Gasteiger partial charge in [-0.1, -0.05) is 12.8 Å². The molecule has 0 unspecified atom stereocenters. The maximum atomic E-state index is 12.5. The Bertz CT molecular complexity index is 671. The minimum absolute atomic E-state index is 0.0179. The van der Waals surface area contributed by atoms with Crippen LogP contribution in [-0.2, 0) is 9.59 Å². The summed E-state index contributed by atoms with van der Waals surface area (Å²) in [5.41, 5.74) is 0.0168. The van der Waals surface area contributed by atoms with Gasteiger partial charge in [0.15, 0.2) is 0 Å². The smallest absolute Gasteiger partial charge is 0.235 e. The first-order valence-corrected chi connectivity index (χ1v) is 8.20. The number of hydrogen-bond acceptors (Lipinski definition) is 5. The second kappa shape index (κ2) is 6.62. The van der Waals surface area contributed by atoms with Crippen LogP contribution < -0.4 is 4.74 Å². The van der Waals surface area contributed by atoms with E-state index >= 15 is 0 Å². The zero-order valence-corrected chi connectivity index (χ0v) is 13.4. The fraction of sp³-hybridized carbons (Fsp3) is 0.500. The Morgan fingerprint density at radius 1 is 1.25 bits per heavy atom. The first kappa shape index (κ1) is 16.5. The topological polar surface area (TPSA) is 90.6 Å². The average Bonchev–Trinajstić information content (AvgIpc) is 3.14. The molecular weight excluding hydrogens is 308 g/mol. The molecule has 126 valence electrons. The maximum Gasteiger partial charge on any atom is 0.235 e. The highest BCUT2D eigenvalue weighted by molar-refractivity contribution is 6.06. The predicted molar refractivity (Wildman–Crippen MR) is 84.9 cm³/mol. The number of aliphatic hydroxyl groups excluding tert-OH is 1. The van der Waals surface area contributed by atoms with E-state index in [1.807, 2.05) is 6.07 Å². The molecule has 24 heavy (non-hydrogen) atoms. The number of carbonyl (C=O) groups is 2. The van der Waals surface area contributed by atoms with Crippen LogP contribution in [0, 0.1) is 16.7 Å². The number of carbonyl (C=O) groups excluding carboxylic acids is 2. The van der Waals surface area contributed by atoms with Gasteiger partial charge in [-0.3, -0.25) is 14.5 Å². The molecular formula is C18H20N2O4. The molecule has 2 aliphatic rings. The van der Waals surface area contributed by atoms with Gasteiger partial charge >= 0.3 is 0 Å². The number of β-amino-alcohol motifs (C(OH)–C–C–N with tert-alkyl or cyclic N) is 1. The van der Waals surface area contributed by atoms with E-state index < -0.39 is 11.5 Å². The molecule has 0 bridgehead atoms. The van der Waals surface area contributed by atoms with Crippen molar-refractivity contribution in [1.29, 1.82) is 5.26 Å². The van der Waals surface area contributed by atoms with E-state index in [-0.39, 0.29) is 31.4 Å². The molecule has 1 N–H and O–H groups in total. The highest BCUT2D eigenvalue weighted by Gasteiger charge is 2.52. The Labute approximate surface area is 140 Å². The Morgan fingerprint density at radius 3 is 2.54 bits per heavy atom. The third kappa shape index (κ3) is 3.13. The monoisotopic (exact) mass is 328 g/mol. The van der Waals surface area contributed by atoms with Crippen LogP contribution in [0.1, 0.15) is 37.7 Å². The van der Waals surface area contributed by atoms with E-state index in [9.17, 15) is 14.7 Å². The predicted octanol–water partition coefficient (Wildman–Crippen LogP) is 1.62. The summed E-state index contributed by atoms with van der Waals surface area (Å²) >= 11 is 0. The molecule has 6 nitrogen and oxygen atoms in total. The van der Waals surface area contributed by atoms with Crippen LogP contribution in [0.2, 0.25) is 0 Å². The lowest BCUT2D eigenvalue weighted by Crippen LogP contribution is -2.41. The number of aliphatic hydroxyl groups is 1. The minimum atomic E-state index is -0.940. The Balaban J connectivity index is 1.54. The molecule has 1 aliphatic carbocycles. The van der Waals surface area contributed by atoms with Gasteiger partial charge in [-0.25, -0.2) is 0 Å². The van der Waals surface area contributed by atoms with Gasteiger partial charge < -0.3 is 9.84 Å². The maximum absolute atomic E-state index is 12.5. The number of likely N-dealkylation sites (tertiary alicyclic amines) is 1. The van der Waals surface area contributed by atoms with Gasteiger partial charge in [0.2, 0.25) is 11.8 Å². The van der Waals surface area contributed by atoms with Crippen LogP contribution in [0.4, 0.5) is 0 Å². The molecule has 1 spiro atoms. The van der Waals surface area contributed by atoms with Crippen LogP contribution in [0.5, 0.6) is 5.75 Å². The van der Waals surface area contributed by atoms with E-state index in [2.05, 4.69) is 0 Å². The summed E-state index contributed by atoms with van der Waals surface area (Å²) < 4.78 is 5.46. The quantitative estimate of drug-likeness (QED) is 0.829. The molecule has 0 radical (unpaired) electrons. The minimum Gasteiger partial charge on any atom is -0.491 e.